The van der Waals surface area contributed by atoms with E-state index in [1.807, 2.05) is 17.5 Å². The highest BCUT2D eigenvalue weighted by atomic mass is 32.1. The first-order valence-electron chi connectivity index (χ1n) is 5.21. The van der Waals surface area contributed by atoms with Crippen molar-refractivity contribution in [1.82, 2.24) is 9.55 Å². The number of nitrogens with two attached hydrogens (primary N) is 1. The standard InChI is InChI=1S/C11H13N3S/c12-4-1-10-13-7-9-11-8(3-6-15-11)2-5-14(9)10/h3,6-7H,1-2,4-5,12H2. The Balaban J connectivity index is 2.11. The average molecular weight is 219 g/mol. The van der Waals surface area contributed by atoms with Gasteiger partial charge < -0.3 is 10.3 Å². The molecule has 0 fully saturated rings. The molecule has 0 atom stereocenters. The first-order valence-corrected chi connectivity index (χ1v) is 6.09. The number of hydrogen-bond acceptors (Lipinski definition) is 3. The van der Waals surface area contributed by atoms with Gasteiger partial charge in [0, 0.05) is 13.0 Å². The zero-order valence-electron chi connectivity index (χ0n) is 8.44. The Hall–Kier alpha value is -1.13. The minimum atomic E-state index is 0.674. The Morgan fingerprint density at radius 3 is 3.33 bits per heavy atom. The minimum Gasteiger partial charge on any atom is -0.330 e. The molecule has 0 saturated heterocycles. The monoisotopic (exact) mass is 219 g/mol. The molecule has 2 aromatic heterocycles. The van der Waals surface area contributed by atoms with Crippen molar-refractivity contribution in [2.75, 3.05) is 6.54 Å². The molecule has 15 heavy (non-hydrogen) atoms. The van der Waals surface area contributed by atoms with E-state index < -0.39 is 0 Å². The maximum atomic E-state index is 5.58. The quantitative estimate of drug-likeness (QED) is 0.835. The number of aromatic nitrogens is 2. The van der Waals surface area contributed by atoms with Gasteiger partial charge >= 0.3 is 0 Å². The van der Waals surface area contributed by atoms with Crippen LogP contribution in [0.1, 0.15) is 11.4 Å². The predicted octanol–water partition coefficient (Wildman–Crippen LogP) is 1.67. The van der Waals surface area contributed by atoms with E-state index in [2.05, 4.69) is 21.0 Å². The predicted molar refractivity (Wildman–Crippen MR) is 62.0 cm³/mol. The van der Waals surface area contributed by atoms with Gasteiger partial charge in [-0.15, -0.1) is 11.3 Å². The molecule has 2 aromatic rings. The summed E-state index contributed by atoms with van der Waals surface area (Å²) in [7, 11) is 0. The van der Waals surface area contributed by atoms with Crippen LogP contribution in [-0.2, 0) is 19.4 Å². The summed E-state index contributed by atoms with van der Waals surface area (Å²) in [6, 6.07) is 2.22. The zero-order valence-corrected chi connectivity index (χ0v) is 9.26. The molecule has 0 unspecified atom stereocenters. The maximum absolute atomic E-state index is 5.58. The zero-order chi connectivity index (χ0) is 10.3. The van der Waals surface area contributed by atoms with Crippen LogP contribution in [0, 0.1) is 0 Å². The fraction of sp³-hybridized carbons (Fsp3) is 0.364. The molecule has 2 N–H and O–H groups in total. The van der Waals surface area contributed by atoms with Gasteiger partial charge in [0.1, 0.15) is 5.82 Å². The lowest BCUT2D eigenvalue weighted by atomic mass is 10.1. The molecule has 0 radical (unpaired) electrons. The van der Waals surface area contributed by atoms with E-state index in [0.29, 0.717) is 6.54 Å². The van der Waals surface area contributed by atoms with Gasteiger partial charge in [-0.3, -0.25) is 0 Å². The third-order valence-corrected chi connectivity index (χ3v) is 3.87. The second kappa shape index (κ2) is 3.47. The Morgan fingerprint density at radius 2 is 2.47 bits per heavy atom. The molecule has 3 nitrogen and oxygen atoms in total. The lowest BCUT2D eigenvalue weighted by Crippen LogP contribution is -2.14. The van der Waals surface area contributed by atoms with Gasteiger partial charge in [-0.1, -0.05) is 0 Å². The summed E-state index contributed by atoms with van der Waals surface area (Å²) in [6.07, 6.45) is 3.99. The van der Waals surface area contributed by atoms with Crippen molar-refractivity contribution in [3.05, 3.63) is 29.0 Å². The number of nitrogens with zero attached hydrogens (tertiary/aromatic N) is 2. The molecule has 0 aromatic carbocycles. The van der Waals surface area contributed by atoms with Crippen LogP contribution in [0.2, 0.25) is 0 Å². The van der Waals surface area contributed by atoms with E-state index in [9.17, 15) is 0 Å². The Labute approximate surface area is 92.6 Å². The van der Waals surface area contributed by atoms with E-state index in [4.69, 9.17) is 5.73 Å². The minimum absolute atomic E-state index is 0.674. The summed E-state index contributed by atoms with van der Waals surface area (Å²) in [5.74, 6) is 1.13. The van der Waals surface area contributed by atoms with E-state index in [1.165, 1.54) is 16.1 Å². The molecule has 0 amide bonds. The summed E-state index contributed by atoms with van der Waals surface area (Å²) in [5.41, 5.74) is 8.31. The lowest BCUT2D eigenvalue weighted by molar-refractivity contribution is 0.643. The van der Waals surface area contributed by atoms with Crippen LogP contribution in [0.5, 0.6) is 0 Å². The highest BCUT2D eigenvalue weighted by Crippen LogP contribution is 2.34. The number of rotatable bonds is 2. The van der Waals surface area contributed by atoms with Gasteiger partial charge in [0.2, 0.25) is 0 Å². The fourth-order valence-corrected chi connectivity index (χ4v) is 3.14. The smallest absolute Gasteiger partial charge is 0.110 e. The summed E-state index contributed by atoms with van der Waals surface area (Å²) in [5, 5.41) is 2.16. The van der Waals surface area contributed by atoms with Crippen molar-refractivity contribution >= 4 is 11.3 Å². The molecular formula is C11H13N3S. The average Bonchev–Trinajstić information content (AvgIpc) is 2.83. The number of aryl methyl sites for hydroxylation is 1. The molecule has 1 aliphatic heterocycles. The molecular weight excluding hydrogens is 206 g/mol. The van der Waals surface area contributed by atoms with E-state index >= 15 is 0 Å². The summed E-state index contributed by atoms with van der Waals surface area (Å²) >= 11 is 1.81. The van der Waals surface area contributed by atoms with Crippen LogP contribution in [0.4, 0.5) is 0 Å². The Morgan fingerprint density at radius 1 is 1.53 bits per heavy atom. The van der Waals surface area contributed by atoms with Crippen molar-refractivity contribution in [3.63, 3.8) is 0 Å². The number of fused-ring (bicyclic) bond motifs is 3. The summed E-state index contributed by atoms with van der Waals surface area (Å²) in [4.78, 5) is 5.84. The van der Waals surface area contributed by atoms with Crippen molar-refractivity contribution < 1.29 is 0 Å². The molecule has 0 aliphatic carbocycles. The molecule has 3 heterocycles. The van der Waals surface area contributed by atoms with Gasteiger partial charge in [-0.05, 0) is 30.0 Å². The van der Waals surface area contributed by atoms with Gasteiger partial charge in [0.25, 0.3) is 0 Å². The van der Waals surface area contributed by atoms with Gasteiger partial charge in [0.15, 0.2) is 0 Å². The lowest BCUT2D eigenvalue weighted by Gasteiger charge is -2.16. The fourth-order valence-electron chi connectivity index (χ4n) is 2.16. The van der Waals surface area contributed by atoms with Crippen molar-refractivity contribution in [1.29, 1.82) is 0 Å². The van der Waals surface area contributed by atoms with Crippen molar-refractivity contribution in [2.45, 2.75) is 19.4 Å². The third-order valence-electron chi connectivity index (χ3n) is 2.89. The van der Waals surface area contributed by atoms with Crippen LogP contribution in [0.25, 0.3) is 10.6 Å². The highest BCUT2D eigenvalue weighted by molar-refractivity contribution is 7.13. The first-order chi connectivity index (χ1) is 7.40. The SMILES string of the molecule is NCCc1ncc2n1CCc1ccsc1-2. The van der Waals surface area contributed by atoms with Gasteiger partial charge in [-0.25, -0.2) is 4.98 Å². The molecule has 4 heteroatoms. The van der Waals surface area contributed by atoms with E-state index in [1.54, 1.807) is 0 Å². The number of thiophene rings is 1. The topological polar surface area (TPSA) is 43.8 Å². The maximum Gasteiger partial charge on any atom is 0.110 e. The number of hydrogen-bond donors (Lipinski definition) is 1. The summed E-state index contributed by atoms with van der Waals surface area (Å²) in [6.45, 7) is 1.72. The van der Waals surface area contributed by atoms with Gasteiger partial charge in [-0.2, -0.15) is 0 Å². The van der Waals surface area contributed by atoms with Gasteiger partial charge in [0.05, 0.1) is 16.8 Å². The molecule has 0 saturated carbocycles. The largest absolute Gasteiger partial charge is 0.330 e. The normalized spacial score (nSPS) is 13.7. The first kappa shape index (κ1) is 9.12. The second-order valence-corrected chi connectivity index (χ2v) is 4.69. The van der Waals surface area contributed by atoms with Crippen molar-refractivity contribution in [2.24, 2.45) is 5.73 Å². The summed E-state index contributed by atoms with van der Waals surface area (Å²) < 4.78 is 2.31. The molecule has 78 valence electrons. The Bertz CT molecular complexity index is 484. The van der Waals surface area contributed by atoms with Crippen LogP contribution in [0.15, 0.2) is 17.6 Å². The van der Waals surface area contributed by atoms with Crippen molar-refractivity contribution in [3.8, 4) is 10.6 Å². The van der Waals surface area contributed by atoms with Crippen LogP contribution < -0.4 is 5.73 Å². The van der Waals surface area contributed by atoms with E-state index in [0.717, 1.165) is 25.2 Å². The third kappa shape index (κ3) is 1.33. The van der Waals surface area contributed by atoms with E-state index in [-0.39, 0.29) is 0 Å². The molecule has 0 spiro atoms. The molecule has 1 aliphatic rings. The van der Waals surface area contributed by atoms with Crippen LogP contribution >= 0.6 is 11.3 Å². The van der Waals surface area contributed by atoms with Crippen LogP contribution in [0.3, 0.4) is 0 Å². The highest BCUT2D eigenvalue weighted by Gasteiger charge is 2.19. The molecule has 0 bridgehead atoms. The molecule has 3 rings (SSSR count). The van der Waals surface area contributed by atoms with Crippen LogP contribution in [-0.4, -0.2) is 16.1 Å². The number of imidazole rings is 1. The second-order valence-electron chi connectivity index (χ2n) is 3.77. The Kier molecular flexibility index (Phi) is 2.11.